The van der Waals surface area contributed by atoms with E-state index in [4.69, 9.17) is 28.3 Å². The lowest BCUT2D eigenvalue weighted by Gasteiger charge is -2.38. The Hall–Kier alpha value is -0.970. The number of rotatable bonds is 3. The molecule has 0 radical (unpaired) electrons. The van der Waals surface area contributed by atoms with E-state index in [1.165, 1.54) is 0 Å². The van der Waals surface area contributed by atoms with Gasteiger partial charge in [-0.3, -0.25) is 9.69 Å². The van der Waals surface area contributed by atoms with Crippen LogP contribution in [-0.4, -0.2) is 48.2 Å². The molecule has 0 amide bonds. The summed E-state index contributed by atoms with van der Waals surface area (Å²) in [6.07, 6.45) is 0. The van der Waals surface area contributed by atoms with Gasteiger partial charge in [-0.15, -0.1) is 0 Å². The molecule has 1 fully saturated rings. The number of carboxylic acids is 1. The Kier molecular flexibility index (Phi) is 4.55. The van der Waals surface area contributed by atoms with Gasteiger partial charge < -0.3 is 10.0 Å². The summed E-state index contributed by atoms with van der Waals surface area (Å²) in [6, 6.07) is 4.94. The van der Waals surface area contributed by atoms with E-state index in [9.17, 15) is 4.79 Å². The molecule has 1 aliphatic rings. The van der Waals surface area contributed by atoms with Crippen LogP contribution in [0, 0.1) is 0 Å². The fourth-order valence-corrected chi connectivity index (χ4v) is 2.64. The zero-order valence-electron chi connectivity index (χ0n) is 10.6. The summed E-state index contributed by atoms with van der Waals surface area (Å²) in [6.45, 7) is 4.62. The predicted octanol–water partition coefficient (Wildman–Crippen LogP) is 2.59. The van der Waals surface area contributed by atoms with E-state index in [0.717, 1.165) is 18.8 Å². The van der Waals surface area contributed by atoms with Gasteiger partial charge in [-0.1, -0.05) is 23.2 Å². The lowest BCUT2D eigenvalue weighted by molar-refractivity contribution is -0.142. The fourth-order valence-electron chi connectivity index (χ4n) is 2.23. The Morgan fingerprint density at radius 1 is 1.26 bits per heavy atom. The van der Waals surface area contributed by atoms with Gasteiger partial charge in [0.25, 0.3) is 0 Å². The topological polar surface area (TPSA) is 43.8 Å². The first-order chi connectivity index (χ1) is 8.99. The van der Waals surface area contributed by atoms with E-state index in [1.54, 1.807) is 19.1 Å². The lowest BCUT2D eigenvalue weighted by atomic mass is 10.2. The number of anilines is 1. The fraction of sp³-hybridized carbons (Fsp3) is 0.462. The van der Waals surface area contributed by atoms with E-state index >= 15 is 0 Å². The number of benzene rings is 1. The maximum atomic E-state index is 11.0. The highest BCUT2D eigenvalue weighted by atomic mass is 35.5. The van der Waals surface area contributed by atoms with Gasteiger partial charge in [0.05, 0.1) is 10.7 Å². The Morgan fingerprint density at radius 2 is 1.89 bits per heavy atom. The second-order valence-electron chi connectivity index (χ2n) is 4.63. The first-order valence-corrected chi connectivity index (χ1v) is 6.91. The van der Waals surface area contributed by atoms with Crippen molar-refractivity contribution in [3.8, 4) is 0 Å². The minimum absolute atomic E-state index is 0.447. The van der Waals surface area contributed by atoms with Gasteiger partial charge in [-0.25, -0.2) is 0 Å². The van der Waals surface area contributed by atoms with Gasteiger partial charge in [0.2, 0.25) is 0 Å². The molecule has 1 N–H and O–H groups in total. The summed E-state index contributed by atoms with van der Waals surface area (Å²) in [7, 11) is 0. The number of hydrogen-bond donors (Lipinski definition) is 1. The SMILES string of the molecule is CC(C(=O)O)N1CCN(c2cc(Cl)ccc2Cl)CC1. The third-order valence-corrected chi connectivity index (χ3v) is 4.02. The first kappa shape index (κ1) is 14.4. The Labute approximate surface area is 122 Å². The molecular weight excluding hydrogens is 287 g/mol. The molecule has 1 saturated heterocycles. The second-order valence-corrected chi connectivity index (χ2v) is 5.48. The van der Waals surface area contributed by atoms with Gasteiger partial charge in [0, 0.05) is 31.2 Å². The van der Waals surface area contributed by atoms with Crippen LogP contribution in [-0.2, 0) is 4.79 Å². The average Bonchev–Trinajstić information content (AvgIpc) is 2.41. The third-order valence-electron chi connectivity index (χ3n) is 3.47. The van der Waals surface area contributed by atoms with Crippen molar-refractivity contribution in [2.75, 3.05) is 31.1 Å². The van der Waals surface area contributed by atoms with Crippen LogP contribution in [0.1, 0.15) is 6.92 Å². The highest BCUT2D eigenvalue weighted by Gasteiger charge is 2.25. The zero-order valence-corrected chi connectivity index (χ0v) is 12.2. The Morgan fingerprint density at radius 3 is 2.47 bits per heavy atom. The summed E-state index contributed by atoms with van der Waals surface area (Å²) in [5.74, 6) is -0.783. The van der Waals surface area contributed by atoms with Gasteiger partial charge in [0.15, 0.2) is 0 Å². The lowest BCUT2D eigenvalue weighted by Crippen LogP contribution is -2.51. The Bertz CT molecular complexity index is 474. The zero-order chi connectivity index (χ0) is 14.0. The summed E-state index contributed by atoms with van der Waals surface area (Å²) >= 11 is 12.2. The van der Waals surface area contributed by atoms with Crippen molar-refractivity contribution in [1.29, 1.82) is 0 Å². The smallest absolute Gasteiger partial charge is 0.320 e. The normalized spacial score (nSPS) is 18.4. The summed E-state index contributed by atoms with van der Waals surface area (Å²) < 4.78 is 0. The number of aliphatic carboxylic acids is 1. The van der Waals surface area contributed by atoms with E-state index in [-0.39, 0.29) is 0 Å². The van der Waals surface area contributed by atoms with Crippen LogP contribution >= 0.6 is 23.2 Å². The van der Waals surface area contributed by atoms with Crippen LogP contribution in [0.4, 0.5) is 5.69 Å². The molecule has 0 aliphatic carbocycles. The quantitative estimate of drug-likeness (QED) is 0.932. The molecule has 19 heavy (non-hydrogen) atoms. The monoisotopic (exact) mass is 302 g/mol. The molecule has 1 aliphatic heterocycles. The maximum absolute atomic E-state index is 11.0. The van der Waals surface area contributed by atoms with Crippen LogP contribution in [0.2, 0.25) is 10.0 Å². The van der Waals surface area contributed by atoms with Crippen LogP contribution in [0.15, 0.2) is 18.2 Å². The molecule has 104 valence electrons. The molecule has 1 aromatic carbocycles. The van der Waals surface area contributed by atoms with Gasteiger partial charge in [-0.05, 0) is 25.1 Å². The summed E-state index contributed by atoms with van der Waals surface area (Å²) in [5, 5.41) is 10.3. The number of nitrogens with zero attached hydrogens (tertiary/aromatic N) is 2. The van der Waals surface area contributed by atoms with Crippen molar-refractivity contribution in [3.05, 3.63) is 28.2 Å². The number of piperazine rings is 1. The first-order valence-electron chi connectivity index (χ1n) is 6.16. The molecule has 2 rings (SSSR count). The van der Waals surface area contributed by atoms with Crippen LogP contribution in [0.5, 0.6) is 0 Å². The molecule has 1 atom stereocenters. The standard InChI is InChI=1S/C13H16Cl2N2O2/c1-9(13(18)19)16-4-6-17(7-5-16)12-8-10(14)2-3-11(12)15/h2-3,8-9H,4-7H2,1H3,(H,18,19). The largest absolute Gasteiger partial charge is 0.480 e. The molecule has 0 bridgehead atoms. The molecule has 1 unspecified atom stereocenters. The molecule has 6 heteroatoms. The minimum atomic E-state index is -0.783. The van der Waals surface area contributed by atoms with Crippen LogP contribution < -0.4 is 4.90 Å². The van der Waals surface area contributed by atoms with Gasteiger partial charge >= 0.3 is 5.97 Å². The van der Waals surface area contributed by atoms with Crippen molar-refractivity contribution in [2.24, 2.45) is 0 Å². The van der Waals surface area contributed by atoms with Crippen molar-refractivity contribution < 1.29 is 9.90 Å². The molecule has 4 nitrogen and oxygen atoms in total. The third kappa shape index (κ3) is 3.32. The molecule has 0 spiro atoms. The Balaban J connectivity index is 2.04. The van der Waals surface area contributed by atoms with Crippen molar-refractivity contribution >= 4 is 34.9 Å². The van der Waals surface area contributed by atoms with E-state index in [1.807, 2.05) is 11.0 Å². The highest BCUT2D eigenvalue weighted by Crippen LogP contribution is 2.29. The summed E-state index contributed by atoms with van der Waals surface area (Å²) in [5.41, 5.74) is 0.914. The van der Waals surface area contributed by atoms with E-state index in [2.05, 4.69) is 4.90 Å². The molecule has 1 aromatic rings. The summed E-state index contributed by atoms with van der Waals surface area (Å²) in [4.78, 5) is 15.0. The predicted molar refractivity (Wildman–Crippen MR) is 77.3 cm³/mol. The molecular formula is C13H16Cl2N2O2. The van der Waals surface area contributed by atoms with Crippen molar-refractivity contribution in [3.63, 3.8) is 0 Å². The van der Waals surface area contributed by atoms with Crippen LogP contribution in [0.3, 0.4) is 0 Å². The number of carboxylic acid groups (broad SMARTS) is 1. The number of hydrogen-bond acceptors (Lipinski definition) is 3. The van der Waals surface area contributed by atoms with Crippen LogP contribution in [0.25, 0.3) is 0 Å². The van der Waals surface area contributed by atoms with E-state index in [0.29, 0.717) is 23.1 Å². The molecule has 0 aromatic heterocycles. The minimum Gasteiger partial charge on any atom is -0.480 e. The van der Waals surface area contributed by atoms with Gasteiger partial charge in [-0.2, -0.15) is 0 Å². The number of halogens is 2. The second kappa shape index (κ2) is 5.99. The highest BCUT2D eigenvalue weighted by molar-refractivity contribution is 6.35. The van der Waals surface area contributed by atoms with E-state index < -0.39 is 12.0 Å². The van der Waals surface area contributed by atoms with Crippen molar-refractivity contribution in [1.82, 2.24) is 4.90 Å². The molecule has 1 heterocycles. The van der Waals surface area contributed by atoms with Crippen molar-refractivity contribution in [2.45, 2.75) is 13.0 Å². The molecule has 0 saturated carbocycles. The maximum Gasteiger partial charge on any atom is 0.320 e. The van der Waals surface area contributed by atoms with Gasteiger partial charge in [0.1, 0.15) is 6.04 Å². The average molecular weight is 303 g/mol. The number of carbonyl (C=O) groups is 1.